The molecule has 0 saturated carbocycles. The van der Waals surface area contributed by atoms with Gasteiger partial charge in [-0.25, -0.2) is 0 Å². The molecule has 3 rings (SSSR count). The number of hydrogen-bond donors (Lipinski definition) is 0. The normalized spacial score (nSPS) is 16.0. The summed E-state index contributed by atoms with van der Waals surface area (Å²) in [4.78, 5) is 2.57. The standard InChI is InChI=1S/C20H23N/c1-2-19(17-11-5-3-6-12-17)20(21-15-9-10-16-21)18-13-7-4-8-14-18/h3-8,11-14H,2,9-10,15-16H2,1H3. The molecule has 0 unspecified atom stereocenters. The number of likely N-dealkylation sites (tertiary alicyclic amines) is 1. The summed E-state index contributed by atoms with van der Waals surface area (Å²) < 4.78 is 0. The Kier molecular flexibility index (Phi) is 4.40. The highest BCUT2D eigenvalue weighted by Crippen LogP contribution is 2.33. The van der Waals surface area contributed by atoms with Crippen LogP contribution in [0.4, 0.5) is 0 Å². The fourth-order valence-corrected chi connectivity index (χ4v) is 3.23. The van der Waals surface area contributed by atoms with Gasteiger partial charge in [0.1, 0.15) is 0 Å². The van der Waals surface area contributed by atoms with Gasteiger partial charge in [-0.1, -0.05) is 67.6 Å². The second kappa shape index (κ2) is 6.62. The molecule has 0 aliphatic carbocycles. The molecule has 1 fully saturated rings. The molecule has 0 spiro atoms. The quantitative estimate of drug-likeness (QED) is 0.706. The summed E-state index contributed by atoms with van der Waals surface area (Å²) >= 11 is 0. The molecule has 108 valence electrons. The zero-order valence-corrected chi connectivity index (χ0v) is 12.8. The van der Waals surface area contributed by atoms with Gasteiger partial charge in [0.2, 0.25) is 0 Å². The third-order valence-electron chi connectivity index (χ3n) is 4.23. The zero-order valence-electron chi connectivity index (χ0n) is 12.8. The molecule has 1 aliphatic heterocycles. The van der Waals surface area contributed by atoms with Crippen LogP contribution in [0.25, 0.3) is 11.3 Å². The fourth-order valence-electron chi connectivity index (χ4n) is 3.23. The summed E-state index contributed by atoms with van der Waals surface area (Å²) in [6.07, 6.45) is 3.68. The van der Waals surface area contributed by atoms with E-state index in [0.717, 1.165) is 6.42 Å². The van der Waals surface area contributed by atoms with Crippen molar-refractivity contribution in [1.82, 2.24) is 4.90 Å². The van der Waals surface area contributed by atoms with Gasteiger partial charge in [0, 0.05) is 18.8 Å². The van der Waals surface area contributed by atoms with E-state index in [9.17, 15) is 0 Å². The van der Waals surface area contributed by atoms with E-state index in [0.29, 0.717) is 0 Å². The van der Waals surface area contributed by atoms with E-state index in [2.05, 4.69) is 72.5 Å². The van der Waals surface area contributed by atoms with Crippen LogP contribution < -0.4 is 0 Å². The van der Waals surface area contributed by atoms with Gasteiger partial charge >= 0.3 is 0 Å². The van der Waals surface area contributed by atoms with Crippen molar-refractivity contribution in [2.45, 2.75) is 26.2 Å². The first kappa shape index (κ1) is 13.9. The number of hydrogen-bond acceptors (Lipinski definition) is 1. The SMILES string of the molecule is CCC(=C(c1ccccc1)N1CCCC1)c1ccccc1. The van der Waals surface area contributed by atoms with E-state index >= 15 is 0 Å². The zero-order chi connectivity index (χ0) is 14.5. The Morgan fingerprint density at radius 1 is 0.810 bits per heavy atom. The van der Waals surface area contributed by atoms with Crippen LogP contribution >= 0.6 is 0 Å². The third kappa shape index (κ3) is 3.02. The molecule has 0 aromatic heterocycles. The van der Waals surface area contributed by atoms with Gasteiger partial charge in [-0.2, -0.15) is 0 Å². The van der Waals surface area contributed by atoms with Crippen molar-refractivity contribution in [3.05, 3.63) is 71.8 Å². The van der Waals surface area contributed by atoms with Gasteiger partial charge in [0.15, 0.2) is 0 Å². The maximum Gasteiger partial charge on any atom is 0.0478 e. The van der Waals surface area contributed by atoms with E-state index in [1.54, 1.807) is 0 Å². The minimum atomic E-state index is 1.06. The average molecular weight is 277 g/mol. The Bertz CT molecular complexity index is 592. The lowest BCUT2D eigenvalue weighted by molar-refractivity contribution is 0.493. The van der Waals surface area contributed by atoms with Crippen LogP contribution in [0.2, 0.25) is 0 Å². The lowest BCUT2D eigenvalue weighted by Gasteiger charge is -2.26. The molecule has 21 heavy (non-hydrogen) atoms. The van der Waals surface area contributed by atoms with Gasteiger partial charge in [-0.3, -0.25) is 0 Å². The van der Waals surface area contributed by atoms with Crippen molar-refractivity contribution in [2.75, 3.05) is 13.1 Å². The Morgan fingerprint density at radius 3 is 1.86 bits per heavy atom. The van der Waals surface area contributed by atoms with Crippen LogP contribution in [0.15, 0.2) is 60.7 Å². The molecule has 2 aromatic carbocycles. The number of allylic oxidation sites excluding steroid dienone is 1. The minimum absolute atomic E-state index is 1.06. The molecule has 2 aromatic rings. The highest BCUT2D eigenvalue weighted by atomic mass is 15.2. The molecule has 0 atom stereocenters. The van der Waals surface area contributed by atoms with E-state index < -0.39 is 0 Å². The van der Waals surface area contributed by atoms with Crippen LogP contribution in [-0.4, -0.2) is 18.0 Å². The second-order valence-electron chi connectivity index (χ2n) is 5.61. The second-order valence-corrected chi connectivity index (χ2v) is 5.61. The highest BCUT2D eigenvalue weighted by Gasteiger charge is 2.20. The lowest BCUT2D eigenvalue weighted by Crippen LogP contribution is -2.19. The van der Waals surface area contributed by atoms with Crippen LogP contribution in [0, 0.1) is 0 Å². The summed E-state index contributed by atoms with van der Waals surface area (Å²) in [6.45, 7) is 4.63. The van der Waals surface area contributed by atoms with Crippen molar-refractivity contribution < 1.29 is 0 Å². The van der Waals surface area contributed by atoms with Crippen molar-refractivity contribution in [3.63, 3.8) is 0 Å². The van der Waals surface area contributed by atoms with Crippen molar-refractivity contribution in [1.29, 1.82) is 0 Å². The summed E-state index contributed by atoms with van der Waals surface area (Å²) in [5.41, 5.74) is 5.59. The van der Waals surface area contributed by atoms with Crippen LogP contribution in [-0.2, 0) is 0 Å². The highest BCUT2D eigenvalue weighted by molar-refractivity contribution is 5.89. The van der Waals surface area contributed by atoms with Crippen molar-refractivity contribution >= 4 is 11.3 Å². The van der Waals surface area contributed by atoms with Crippen LogP contribution in [0.1, 0.15) is 37.3 Å². The van der Waals surface area contributed by atoms with E-state index in [-0.39, 0.29) is 0 Å². The fraction of sp³-hybridized carbons (Fsp3) is 0.300. The monoisotopic (exact) mass is 277 g/mol. The Morgan fingerprint density at radius 2 is 1.33 bits per heavy atom. The number of nitrogens with zero attached hydrogens (tertiary/aromatic N) is 1. The van der Waals surface area contributed by atoms with Gasteiger partial charge < -0.3 is 4.90 Å². The van der Waals surface area contributed by atoms with Gasteiger partial charge in [0.25, 0.3) is 0 Å². The molecule has 0 bridgehead atoms. The van der Waals surface area contributed by atoms with Gasteiger partial charge in [-0.05, 0) is 36.0 Å². The summed E-state index contributed by atoms with van der Waals surface area (Å²) in [6, 6.07) is 21.7. The molecule has 1 heteroatoms. The molecular formula is C20H23N. The van der Waals surface area contributed by atoms with E-state index in [1.165, 1.54) is 48.3 Å². The maximum atomic E-state index is 2.57. The van der Waals surface area contributed by atoms with Crippen LogP contribution in [0.3, 0.4) is 0 Å². The van der Waals surface area contributed by atoms with Gasteiger partial charge in [-0.15, -0.1) is 0 Å². The van der Waals surface area contributed by atoms with Gasteiger partial charge in [0.05, 0.1) is 0 Å². The molecule has 1 heterocycles. The van der Waals surface area contributed by atoms with E-state index in [4.69, 9.17) is 0 Å². The molecule has 0 N–H and O–H groups in total. The van der Waals surface area contributed by atoms with Crippen LogP contribution in [0.5, 0.6) is 0 Å². The maximum absolute atomic E-state index is 2.57. The van der Waals surface area contributed by atoms with Crippen molar-refractivity contribution in [3.8, 4) is 0 Å². The number of benzene rings is 2. The summed E-state index contributed by atoms with van der Waals surface area (Å²) in [5.74, 6) is 0. The largest absolute Gasteiger partial charge is 0.371 e. The summed E-state index contributed by atoms with van der Waals surface area (Å²) in [5, 5.41) is 0. The predicted molar refractivity (Wildman–Crippen MR) is 90.8 cm³/mol. The average Bonchev–Trinajstić information content (AvgIpc) is 3.08. The molecule has 1 aliphatic rings. The summed E-state index contributed by atoms with van der Waals surface area (Å²) in [7, 11) is 0. The molecule has 0 radical (unpaired) electrons. The Balaban J connectivity index is 2.14. The minimum Gasteiger partial charge on any atom is -0.371 e. The van der Waals surface area contributed by atoms with Crippen molar-refractivity contribution in [2.24, 2.45) is 0 Å². The first-order valence-corrected chi connectivity index (χ1v) is 7.99. The topological polar surface area (TPSA) is 3.24 Å². The smallest absolute Gasteiger partial charge is 0.0478 e. The first-order valence-electron chi connectivity index (χ1n) is 7.99. The lowest BCUT2D eigenvalue weighted by atomic mass is 9.96. The Hall–Kier alpha value is -2.02. The third-order valence-corrected chi connectivity index (χ3v) is 4.23. The molecular weight excluding hydrogens is 254 g/mol. The Labute approximate surface area is 127 Å². The van der Waals surface area contributed by atoms with E-state index in [1.807, 2.05) is 0 Å². The molecule has 0 amide bonds. The molecule has 1 nitrogen and oxygen atoms in total. The molecule has 1 saturated heterocycles. The first-order chi connectivity index (χ1) is 10.4. The predicted octanol–water partition coefficient (Wildman–Crippen LogP) is 5.06. The number of rotatable bonds is 4.